The third-order valence-corrected chi connectivity index (χ3v) is 8.21. The van der Waals surface area contributed by atoms with Gasteiger partial charge in [0.15, 0.2) is 5.78 Å². The van der Waals surface area contributed by atoms with E-state index in [1.807, 2.05) is 79.2 Å². The zero-order valence-electron chi connectivity index (χ0n) is 22.9. The summed E-state index contributed by atoms with van der Waals surface area (Å²) in [7, 11) is 0. The molecule has 3 atom stereocenters. The number of H-pyrrole nitrogens is 1. The number of ketones is 1. The van der Waals surface area contributed by atoms with Crippen molar-refractivity contribution in [3.63, 3.8) is 0 Å². The van der Waals surface area contributed by atoms with Crippen molar-refractivity contribution in [2.75, 3.05) is 13.1 Å². The molecule has 2 fully saturated rings. The number of piperazine rings is 1. The normalized spacial score (nSPS) is 19.8. The SMILES string of the molecule is CCCCc1ccc(C(=O)N2C[C@@H]3C[C@H]2CN3C(=O)[C@@H](CC(=O)c2cc3ccccc3[nH]2)C(C)(C)C)nc1. The van der Waals surface area contributed by atoms with Crippen molar-refractivity contribution in [3.8, 4) is 0 Å². The van der Waals surface area contributed by atoms with Gasteiger partial charge in [-0.1, -0.05) is 58.4 Å². The van der Waals surface area contributed by atoms with E-state index in [9.17, 15) is 14.4 Å². The van der Waals surface area contributed by atoms with Crippen molar-refractivity contribution >= 4 is 28.5 Å². The topological polar surface area (TPSA) is 86.4 Å². The van der Waals surface area contributed by atoms with Crippen molar-refractivity contribution in [2.45, 2.75) is 71.9 Å². The number of aryl methyl sites for hydroxylation is 1. The maximum Gasteiger partial charge on any atom is 0.272 e. The number of aromatic nitrogens is 2. The largest absolute Gasteiger partial charge is 0.352 e. The van der Waals surface area contributed by atoms with E-state index in [0.29, 0.717) is 24.5 Å². The molecule has 2 aromatic heterocycles. The van der Waals surface area contributed by atoms with Crippen LogP contribution in [0.15, 0.2) is 48.7 Å². The fourth-order valence-corrected chi connectivity index (χ4v) is 5.90. The molecule has 4 heterocycles. The first-order valence-corrected chi connectivity index (χ1v) is 13.8. The Hall–Kier alpha value is -3.48. The molecule has 7 heteroatoms. The molecule has 0 unspecified atom stereocenters. The number of carbonyl (C=O) groups is 3. The summed E-state index contributed by atoms with van der Waals surface area (Å²) in [6, 6.07) is 13.5. The smallest absolute Gasteiger partial charge is 0.272 e. The molecule has 2 aliphatic heterocycles. The van der Waals surface area contributed by atoms with E-state index in [4.69, 9.17) is 0 Å². The number of rotatable bonds is 8. The number of likely N-dealkylation sites (tertiary alicyclic amines) is 2. The van der Waals surface area contributed by atoms with Crippen LogP contribution in [0.5, 0.6) is 0 Å². The molecular formula is C31H38N4O3. The van der Waals surface area contributed by atoms with E-state index < -0.39 is 5.92 Å². The predicted octanol–water partition coefficient (Wildman–Crippen LogP) is 5.27. The highest BCUT2D eigenvalue weighted by molar-refractivity contribution is 6.01. The number of unbranched alkanes of at least 4 members (excludes halogenated alkanes) is 1. The summed E-state index contributed by atoms with van der Waals surface area (Å²) >= 11 is 0. The number of hydrogen-bond acceptors (Lipinski definition) is 4. The third-order valence-electron chi connectivity index (χ3n) is 8.21. The summed E-state index contributed by atoms with van der Waals surface area (Å²) < 4.78 is 0. The first kappa shape index (κ1) is 26.1. The molecule has 2 aliphatic rings. The van der Waals surface area contributed by atoms with Gasteiger partial charge in [0.2, 0.25) is 5.91 Å². The lowest BCUT2D eigenvalue weighted by Gasteiger charge is -2.39. The molecule has 1 aromatic carbocycles. The van der Waals surface area contributed by atoms with Crippen LogP contribution in [0.3, 0.4) is 0 Å². The minimum Gasteiger partial charge on any atom is -0.352 e. The van der Waals surface area contributed by atoms with Crippen LogP contribution < -0.4 is 0 Å². The number of aromatic amines is 1. The van der Waals surface area contributed by atoms with Crippen molar-refractivity contribution < 1.29 is 14.4 Å². The van der Waals surface area contributed by atoms with Crippen molar-refractivity contribution in [1.29, 1.82) is 0 Å². The number of nitrogens with zero attached hydrogens (tertiary/aromatic N) is 3. The number of nitrogens with one attached hydrogen (secondary N) is 1. The zero-order valence-corrected chi connectivity index (χ0v) is 22.9. The molecule has 1 N–H and O–H groups in total. The second-order valence-electron chi connectivity index (χ2n) is 12.0. The first-order chi connectivity index (χ1) is 18.2. The Morgan fingerprint density at radius 1 is 1.05 bits per heavy atom. The summed E-state index contributed by atoms with van der Waals surface area (Å²) in [5, 5.41) is 0.987. The molecule has 38 heavy (non-hydrogen) atoms. The first-order valence-electron chi connectivity index (χ1n) is 13.8. The molecule has 2 bridgehead atoms. The van der Waals surface area contributed by atoms with E-state index >= 15 is 0 Å². The van der Waals surface area contributed by atoms with Crippen LogP contribution in [0.1, 0.15) is 79.9 Å². The average molecular weight is 515 g/mol. The third kappa shape index (κ3) is 5.11. The maximum atomic E-state index is 13.8. The van der Waals surface area contributed by atoms with Crippen molar-refractivity contribution in [2.24, 2.45) is 11.3 Å². The lowest BCUT2D eigenvalue weighted by atomic mass is 9.76. The highest BCUT2D eigenvalue weighted by atomic mass is 16.2. The van der Waals surface area contributed by atoms with Gasteiger partial charge in [0.25, 0.3) is 5.91 Å². The molecule has 0 spiro atoms. The Labute approximate surface area is 224 Å². The van der Waals surface area contributed by atoms with Crippen LogP contribution in [0.2, 0.25) is 0 Å². The fraction of sp³-hybridized carbons (Fsp3) is 0.484. The number of para-hydroxylation sites is 1. The summed E-state index contributed by atoms with van der Waals surface area (Å²) in [4.78, 5) is 51.8. The number of pyridine rings is 1. The Kier molecular flexibility index (Phi) is 7.12. The van der Waals surface area contributed by atoms with Gasteiger partial charge in [-0.3, -0.25) is 19.4 Å². The second kappa shape index (κ2) is 10.4. The Balaban J connectivity index is 1.25. The van der Waals surface area contributed by atoms with Gasteiger partial charge in [-0.25, -0.2) is 0 Å². The Morgan fingerprint density at radius 2 is 1.79 bits per heavy atom. The molecule has 200 valence electrons. The van der Waals surface area contributed by atoms with Gasteiger partial charge in [0.05, 0.1) is 23.7 Å². The summed E-state index contributed by atoms with van der Waals surface area (Å²) in [5.41, 5.74) is 2.70. The zero-order chi connectivity index (χ0) is 27.0. The number of amides is 2. The molecule has 3 aromatic rings. The van der Waals surface area contributed by atoms with E-state index in [1.54, 1.807) is 0 Å². The average Bonchev–Trinajstić information content (AvgIpc) is 3.63. The lowest BCUT2D eigenvalue weighted by molar-refractivity contribution is -0.141. The van der Waals surface area contributed by atoms with Gasteiger partial charge in [0.1, 0.15) is 5.69 Å². The fourth-order valence-electron chi connectivity index (χ4n) is 5.90. The van der Waals surface area contributed by atoms with Crippen LogP contribution in [0.25, 0.3) is 10.9 Å². The van der Waals surface area contributed by atoms with E-state index in [-0.39, 0.29) is 41.5 Å². The lowest BCUT2D eigenvalue weighted by Crippen LogP contribution is -2.53. The van der Waals surface area contributed by atoms with Crippen molar-refractivity contribution in [3.05, 3.63) is 65.6 Å². The quantitative estimate of drug-likeness (QED) is 0.415. The highest BCUT2D eigenvalue weighted by Crippen LogP contribution is 2.38. The second-order valence-corrected chi connectivity index (χ2v) is 12.0. The van der Waals surface area contributed by atoms with E-state index in [2.05, 4.69) is 16.9 Å². The van der Waals surface area contributed by atoms with Gasteiger partial charge in [-0.2, -0.15) is 0 Å². The van der Waals surface area contributed by atoms with Crippen LogP contribution >= 0.6 is 0 Å². The standard InChI is InChI=1S/C31H38N4O3/c1-5-6-9-20-12-13-26(32-17-20)30(38)35-19-22-15-23(35)18-34(22)29(37)24(31(2,3)4)16-28(36)27-14-21-10-7-8-11-25(21)33-27/h7-8,10-14,17,22-24,33H,5-6,9,15-16,18-19H2,1-4H3/t22-,23-,24+/m0/s1. The van der Waals surface area contributed by atoms with Gasteiger partial charge >= 0.3 is 0 Å². The molecule has 0 radical (unpaired) electrons. The molecule has 2 amide bonds. The van der Waals surface area contributed by atoms with Crippen molar-refractivity contribution in [1.82, 2.24) is 19.8 Å². The minimum absolute atomic E-state index is 0.0111. The van der Waals surface area contributed by atoms with E-state index in [0.717, 1.165) is 42.1 Å². The van der Waals surface area contributed by atoms with Gasteiger partial charge in [0, 0.05) is 36.6 Å². The van der Waals surface area contributed by atoms with Crippen LogP contribution in [-0.2, 0) is 11.2 Å². The number of hydrogen-bond donors (Lipinski definition) is 1. The van der Waals surface area contributed by atoms with Crippen LogP contribution in [-0.4, -0.2) is 62.5 Å². The monoisotopic (exact) mass is 514 g/mol. The van der Waals surface area contributed by atoms with E-state index in [1.165, 1.54) is 0 Å². The summed E-state index contributed by atoms with van der Waals surface area (Å²) in [6.45, 7) is 9.25. The number of benzene rings is 1. The van der Waals surface area contributed by atoms with Gasteiger partial charge < -0.3 is 14.8 Å². The molecule has 2 saturated heterocycles. The molecule has 7 nitrogen and oxygen atoms in total. The summed E-state index contributed by atoms with van der Waals surface area (Å²) in [6.07, 6.45) is 5.95. The molecule has 5 rings (SSSR count). The predicted molar refractivity (Wildman–Crippen MR) is 148 cm³/mol. The highest BCUT2D eigenvalue weighted by Gasteiger charge is 2.49. The molecule has 0 aliphatic carbocycles. The van der Waals surface area contributed by atoms with Crippen LogP contribution in [0, 0.1) is 11.3 Å². The maximum absolute atomic E-state index is 13.8. The Morgan fingerprint density at radius 3 is 2.42 bits per heavy atom. The van der Waals surface area contributed by atoms with Crippen LogP contribution in [0.4, 0.5) is 0 Å². The van der Waals surface area contributed by atoms with Gasteiger partial charge in [-0.15, -0.1) is 0 Å². The van der Waals surface area contributed by atoms with Gasteiger partial charge in [-0.05, 0) is 48.4 Å². The number of fused-ring (bicyclic) bond motifs is 3. The minimum atomic E-state index is -0.442. The Bertz CT molecular complexity index is 1300. The summed E-state index contributed by atoms with van der Waals surface area (Å²) in [5.74, 6) is -0.542. The molecule has 0 saturated carbocycles. The number of Topliss-reactive ketones (excluding diaryl/α,β-unsaturated/α-hetero) is 1. The molecular weight excluding hydrogens is 476 g/mol. The number of carbonyl (C=O) groups excluding carboxylic acids is 3.